The summed E-state index contributed by atoms with van der Waals surface area (Å²) in [5, 5.41) is 7.00. The van der Waals surface area contributed by atoms with Gasteiger partial charge in [-0.05, 0) is 86.2 Å². The number of aliphatic hydroxyl groups excluding tert-OH is 1. The van der Waals surface area contributed by atoms with Gasteiger partial charge in [-0.1, -0.05) is 111 Å². The van der Waals surface area contributed by atoms with Crippen LogP contribution in [0.15, 0.2) is 97.1 Å². The predicted octanol–water partition coefficient (Wildman–Crippen LogP) is 9.16. The van der Waals surface area contributed by atoms with E-state index in [1.54, 1.807) is 46.3 Å². The Labute approximate surface area is 228 Å². The van der Waals surface area contributed by atoms with Gasteiger partial charge in [-0.15, -0.1) is 0 Å². The molecule has 0 heterocycles. The van der Waals surface area contributed by atoms with Gasteiger partial charge in [0.2, 0.25) is 0 Å². The summed E-state index contributed by atoms with van der Waals surface area (Å²) in [6.45, 7) is 9.33. The van der Waals surface area contributed by atoms with E-state index in [2.05, 4.69) is 56.7 Å². The van der Waals surface area contributed by atoms with E-state index in [4.69, 9.17) is 5.11 Å². The van der Waals surface area contributed by atoms with Gasteiger partial charge in [-0.25, -0.2) is 0 Å². The van der Waals surface area contributed by atoms with Crippen molar-refractivity contribution in [2.24, 2.45) is 22.7 Å². The van der Waals surface area contributed by atoms with Crippen molar-refractivity contribution in [1.29, 1.82) is 0 Å². The molecule has 2 nitrogen and oxygen atoms in total. The second-order valence-electron chi connectivity index (χ2n) is 11.4. The molecule has 4 fully saturated rings. The van der Waals surface area contributed by atoms with Gasteiger partial charge in [0, 0.05) is 21.3 Å². The van der Waals surface area contributed by atoms with Crippen LogP contribution in [0.5, 0.6) is 0 Å². The Hall–Kier alpha value is -2.42. The number of aryl methyl sites for hydroxylation is 2. The predicted molar refractivity (Wildman–Crippen MR) is 161 cm³/mol. The maximum Gasteiger partial charge on any atom is 0.0351 e. The Kier molecular flexibility index (Phi) is 15.8. The molecule has 4 aliphatic rings. The van der Waals surface area contributed by atoms with Crippen molar-refractivity contribution in [3.05, 3.63) is 108 Å². The minimum Gasteiger partial charge on any atom is -0.400 e. The molecule has 1 N–H and O–H groups in total. The summed E-state index contributed by atoms with van der Waals surface area (Å²) in [7, 11) is 4.25. The molecule has 4 bridgehead atoms. The first-order chi connectivity index (χ1) is 17.8. The second-order valence-corrected chi connectivity index (χ2v) is 11.4. The maximum absolute atomic E-state index is 7.00. The number of hydrogen-bond donors (Lipinski definition) is 1. The molecule has 4 saturated carbocycles. The maximum atomic E-state index is 7.00. The van der Waals surface area contributed by atoms with E-state index >= 15 is 0 Å². The molecule has 3 aromatic rings. The van der Waals surface area contributed by atoms with Crippen molar-refractivity contribution < 1.29 is 9.84 Å². The summed E-state index contributed by atoms with van der Waals surface area (Å²) in [6, 6.07) is 32.4. The summed E-state index contributed by atoms with van der Waals surface area (Å²) in [5.41, 5.74) is 4.26. The molecule has 0 aliphatic heterocycles. The van der Waals surface area contributed by atoms with Crippen molar-refractivity contribution in [2.45, 2.75) is 66.2 Å². The van der Waals surface area contributed by atoms with Crippen LogP contribution in [0.4, 0.5) is 0 Å². The van der Waals surface area contributed by atoms with Gasteiger partial charge in [-0.2, -0.15) is 0 Å². The summed E-state index contributed by atoms with van der Waals surface area (Å²) >= 11 is 0. The number of benzene rings is 3. The first-order valence-corrected chi connectivity index (χ1v) is 13.7. The van der Waals surface area contributed by atoms with E-state index in [9.17, 15) is 0 Å². The molecule has 3 aromatic carbocycles. The molecule has 0 spiro atoms. The van der Waals surface area contributed by atoms with Crippen LogP contribution >= 0.6 is 0 Å². The fourth-order valence-corrected chi connectivity index (χ4v) is 6.65. The monoisotopic (exact) mass is 504 g/mol. The first-order valence-electron chi connectivity index (χ1n) is 13.7. The molecular weight excluding hydrogens is 452 g/mol. The lowest BCUT2D eigenvalue weighted by Gasteiger charge is -2.60. The minimum absolute atomic E-state index is 0.763. The zero-order valence-corrected chi connectivity index (χ0v) is 24.5. The fraction of sp³-hybridized carbons (Fsp3) is 0.486. The average molecular weight is 505 g/mol. The summed E-state index contributed by atoms with van der Waals surface area (Å²) < 4.78 is 4.25. The summed E-state index contributed by atoms with van der Waals surface area (Å²) in [4.78, 5) is 0. The van der Waals surface area contributed by atoms with Crippen LogP contribution in [0, 0.1) is 36.5 Å². The highest BCUT2D eigenvalue weighted by Crippen LogP contribution is 2.64. The molecule has 204 valence electrons. The van der Waals surface area contributed by atoms with Crippen LogP contribution in [-0.4, -0.2) is 26.4 Å². The summed E-state index contributed by atoms with van der Waals surface area (Å²) in [6.07, 6.45) is 9.33. The Morgan fingerprint density at radius 2 is 0.811 bits per heavy atom. The van der Waals surface area contributed by atoms with E-state index in [-0.39, 0.29) is 0 Å². The molecule has 2 heteroatoms. The smallest absolute Gasteiger partial charge is 0.0351 e. The standard InChI is InChI=1S/C12H20.C8H10.2C6H6.C2H6O.CH4O/c1-11-4-9-3-10(5-11)7-12(2,6-9)8-11;1-7-5-3-4-6-8(7)2;2*1-2-4-6-5-3-1;1-3-2;1-2/h9-10H,3-8H2,1-2H3;3-6H,1-2H3;2*1-6H;1-2H3;2H,1H3. The Morgan fingerprint density at radius 1 is 0.568 bits per heavy atom. The Bertz CT molecular complexity index is 782. The van der Waals surface area contributed by atoms with E-state index in [1.165, 1.54) is 17.5 Å². The van der Waals surface area contributed by atoms with E-state index in [0.717, 1.165) is 29.8 Å². The van der Waals surface area contributed by atoms with E-state index in [0.29, 0.717) is 0 Å². The van der Waals surface area contributed by atoms with Crippen LogP contribution in [-0.2, 0) is 4.74 Å². The number of rotatable bonds is 0. The summed E-state index contributed by atoms with van der Waals surface area (Å²) in [5.74, 6) is 2.22. The van der Waals surface area contributed by atoms with Gasteiger partial charge in [0.05, 0.1) is 0 Å². The first kappa shape index (κ1) is 32.6. The van der Waals surface area contributed by atoms with Crippen LogP contribution in [0.2, 0.25) is 0 Å². The lowest BCUT2D eigenvalue weighted by atomic mass is 9.45. The SMILES string of the molecule is CC12CC3CC(C1)CC(C)(C3)C2.CO.COC.Cc1ccccc1C.c1ccccc1.c1ccccc1. The molecule has 0 aromatic heterocycles. The molecule has 7 rings (SSSR count). The molecule has 0 atom stereocenters. The molecule has 0 radical (unpaired) electrons. The molecule has 0 saturated heterocycles. The molecule has 0 unspecified atom stereocenters. The van der Waals surface area contributed by atoms with Crippen molar-refractivity contribution in [3.63, 3.8) is 0 Å². The van der Waals surface area contributed by atoms with Gasteiger partial charge in [0.15, 0.2) is 0 Å². The minimum atomic E-state index is 0.763. The highest BCUT2D eigenvalue weighted by Gasteiger charge is 2.53. The Balaban J connectivity index is 0.000000242. The lowest BCUT2D eigenvalue weighted by molar-refractivity contribution is -0.0920. The molecule has 4 aliphatic carbocycles. The van der Waals surface area contributed by atoms with Crippen LogP contribution in [0.3, 0.4) is 0 Å². The van der Waals surface area contributed by atoms with E-state index in [1.807, 2.05) is 72.8 Å². The van der Waals surface area contributed by atoms with Crippen molar-refractivity contribution >= 4 is 0 Å². The number of methoxy groups -OCH3 is 1. The topological polar surface area (TPSA) is 29.5 Å². The fourth-order valence-electron chi connectivity index (χ4n) is 6.65. The third kappa shape index (κ3) is 13.1. The van der Waals surface area contributed by atoms with Gasteiger partial charge < -0.3 is 9.84 Å². The van der Waals surface area contributed by atoms with Crippen LogP contribution in [0.1, 0.15) is 63.5 Å². The van der Waals surface area contributed by atoms with Crippen molar-refractivity contribution in [3.8, 4) is 0 Å². The van der Waals surface area contributed by atoms with E-state index < -0.39 is 0 Å². The van der Waals surface area contributed by atoms with Gasteiger partial charge in [0.1, 0.15) is 0 Å². The second kappa shape index (κ2) is 17.9. The zero-order chi connectivity index (χ0) is 27.6. The third-order valence-corrected chi connectivity index (χ3v) is 7.41. The van der Waals surface area contributed by atoms with Gasteiger partial charge in [0.25, 0.3) is 0 Å². The lowest BCUT2D eigenvalue weighted by Crippen LogP contribution is -2.49. The zero-order valence-electron chi connectivity index (χ0n) is 24.5. The van der Waals surface area contributed by atoms with Crippen molar-refractivity contribution in [1.82, 2.24) is 0 Å². The number of ether oxygens (including phenoxy) is 1. The Morgan fingerprint density at radius 3 is 1.00 bits per heavy atom. The highest BCUT2D eigenvalue weighted by atomic mass is 16.4. The average Bonchev–Trinajstić information content (AvgIpc) is 2.89. The molecular formula is C35H52O2. The third-order valence-electron chi connectivity index (χ3n) is 7.41. The quantitative estimate of drug-likeness (QED) is 0.331. The molecule has 0 amide bonds. The number of hydrogen-bond acceptors (Lipinski definition) is 2. The molecule has 37 heavy (non-hydrogen) atoms. The van der Waals surface area contributed by atoms with Crippen LogP contribution in [0.25, 0.3) is 0 Å². The van der Waals surface area contributed by atoms with Crippen LogP contribution < -0.4 is 0 Å². The highest BCUT2D eigenvalue weighted by molar-refractivity contribution is 5.23. The normalized spacial score (nSPS) is 25.5. The largest absolute Gasteiger partial charge is 0.400 e. The van der Waals surface area contributed by atoms with Crippen molar-refractivity contribution in [2.75, 3.05) is 21.3 Å². The van der Waals surface area contributed by atoms with Gasteiger partial charge in [-0.3, -0.25) is 0 Å². The number of aliphatic hydroxyl groups is 1. The van der Waals surface area contributed by atoms with Gasteiger partial charge >= 0.3 is 0 Å².